The van der Waals surface area contributed by atoms with Gasteiger partial charge in [-0.05, 0) is 42.3 Å². The number of aromatic nitrogens is 4. The SMILES string of the molecule is CCn1nccc1Nc1ncnc2ccc(-c3cccc(N4CCOCC4)c3)cc12. The highest BCUT2D eigenvalue weighted by Gasteiger charge is 2.13. The Hall–Kier alpha value is -3.45. The van der Waals surface area contributed by atoms with Crippen molar-refractivity contribution in [3.8, 4) is 11.1 Å². The number of nitrogens with zero attached hydrogens (tertiary/aromatic N) is 5. The minimum absolute atomic E-state index is 0.779. The molecule has 1 N–H and O–H groups in total. The Kier molecular flexibility index (Phi) is 5.03. The van der Waals surface area contributed by atoms with Gasteiger partial charge in [-0.25, -0.2) is 14.6 Å². The molecule has 0 radical (unpaired) electrons. The number of hydrogen-bond acceptors (Lipinski definition) is 6. The van der Waals surface area contributed by atoms with Crippen LogP contribution in [0.15, 0.2) is 61.1 Å². The maximum atomic E-state index is 5.49. The van der Waals surface area contributed by atoms with Gasteiger partial charge < -0.3 is 15.0 Å². The highest BCUT2D eigenvalue weighted by Crippen LogP contribution is 2.30. The number of anilines is 3. The van der Waals surface area contributed by atoms with Crippen molar-refractivity contribution in [2.75, 3.05) is 36.5 Å². The average molecular weight is 400 g/mol. The molecule has 0 spiro atoms. The summed E-state index contributed by atoms with van der Waals surface area (Å²) in [7, 11) is 0. The fourth-order valence-electron chi connectivity index (χ4n) is 3.85. The van der Waals surface area contributed by atoms with Gasteiger partial charge in [-0.3, -0.25) is 0 Å². The zero-order valence-corrected chi connectivity index (χ0v) is 17.0. The molecule has 0 atom stereocenters. The monoisotopic (exact) mass is 400 g/mol. The molecule has 0 aliphatic carbocycles. The van der Waals surface area contributed by atoms with E-state index < -0.39 is 0 Å². The lowest BCUT2D eigenvalue weighted by atomic mass is 10.0. The molecule has 0 saturated carbocycles. The van der Waals surface area contributed by atoms with Gasteiger partial charge in [-0.1, -0.05) is 18.2 Å². The summed E-state index contributed by atoms with van der Waals surface area (Å²) in [5.41, 5.74) is 4.45. The number of nitrogens with one attached hydrogen (secondary N) is 1. The third-order valence-corrected chi connectivity index (χ3v) is 5.45. The number of hydrogen-bond donors (Lipinski definition) is 1. The Balaban J connectivity index is 1.52. The summed E-state index contributed by atoms with van der Waals surface area (Å²) >= 11 is 0. The molecular weight excluding hydrogens is 376 g/mol. The number of aryl methyl sites for hydroxylation is 1. The van der Waals surface area contributed by atoms with Crippen LogP contribution in [0.5, 0.6) is 0 Å². The van der Waals surface area contributed by atoms with Crippen LogP contribution < -0.4 is 10.2 Å². The zero-order chi connectivity index (χ0) is 20.3. The van der Waals surface area contributed by atoms with E-state index in [4.69, 9.17) is 4.74 Å². The van der Waals surface area contributed by atoms with Crippen molar-refractivity contribution in [3.05, 3.63) is 61.1 Å². The molecule has 1 saturated heterocycles. The Morgan fingerprint density at radius 3 is 2.73 bits per heavy atom. The first-order valence-electron chi connectivity index (χ1n) is 10.3. The minimum atomic E-state index is 0.779. The molecule has 5 rings (SSSR count). The second kappa shape index (κ2) is 8.12. The first-order valence-corrected chi connectivity index (χ1v) is 10.3. The smallest absolute Gasteiger partial charge is 0.142 e. The van der Waals surface area contributed by atoms with Crippen LogP contribution in [0, 0.1) is 0 Å². The van der Waals surface area contributed by atoms with Gasteiger partial charge in [-0.2, -0.15) is 5.10 Å². The number of ether oxygens (including phenoxy) is 1. The van der Waals surface area contributed by atoms with Gasteiger partial charge in [0, 0.05) is 36.8 Å². The summed E-state index contributed by atoms with van der Waals surface area (Å²) in [6.45, 7) is 6.26. The van der Waals surface area contributed by atoms with E-state index in [-0.39, 0.29) is 0 Å². The summed E-state index contributed by atoms with van der Waals surface area (Å²) in [6, 6.07) is 17.0. The largest absolute Gasteiger partial charge is 0.378 e. The first-order chi connectivity index (χ1) is 14.8. The lowest BCUT2D eigenvalue weighted by molar-refractivity contribution is 0.122. The quantitative estimate of drug-likeness (QED) is 0.544. The molecule has 4 aromatic rings. The number of benzene rings is 2. The lowest BCUT2D eigenvalue weighted by Crippen LogP contribution is -2.36. The third kappa shape index (κ3) is 3.59. The van der Waals surface area contributed by atoms with E-state index in [1.807, 2.05) is 10.7 Å². The second-order valence-corrected chi connectivity index (χ2v) is 7.26. The van der Waals surface area contributed by atoms with E-state index in [9.17, 15) is 0 Å². The molecule has 152 valence electrons. The predicted molar refractivity (Wildman–Crippen MR) is 119 cm³/mol. The van der Waals surface area contributed by atoms with Crippen LogP contribution in [-0.4, -0.2) is 46.1 Å². The molecule has 1 fully saturated rings. The summed E-state index contributed by atoms with van der Waals surface area (Å²) < 4.78 is 7.39. The van der Waals surface area contributed by atoms with Gasteiger partial charge in [-0.15, -0.1) is 0 Å². The highest BCUT2D eigenvalue weighted by molar-refractivity contribution is 5.93. The van der Waals surface area contributed by atoms with Crippen molar-refractivity contribution < 1.29 is 4.74 Å². The van der Waals surface area contributed by atoms with Crippen LogP contribution >= 0.6 is 0 Å². The van der Waals surface area contributed by atoms with Crippen LogP contribution in [-0.2, 0) is 11.3 Å². The number of rotatable bonds is 5. The second-order valence-electron chi connectivity index (χ2n) is 7.26. The van der Waals surface area contributed by atoms with Crippen molar-refractivity contribution in [1.82, 2.24) is 19.7 Å². The summed E-state index contributed by atoms with van der Waals surface area (Å²) in [4.78, 5) is 11.3. The van der Waals surface area contributed by atoms with E-state index in [2.05, 4.69) is 74.7 Å². The summed E-state index contributed by atoms with van der Waals surface area (Å²) in [5, 5.41) is 8.72. The van der Waals surface area contributed by atoms with Crippen molar-refractivity contribution in [1.29, 1.82) is 0 Å². The molecular formula is C23H24N6O. The maximum absolute atomic E-state index is 5.49. The first kappa shape index (κ1) is 18.6. The molecule has 1 aliphatic rings. The maximum Gasteiger partial charge on any atom is 0.142 e. The molecule has 2 aromatic heterocycles. The highest BCUT2D eigenvalue weighted by atomic mass is 16.5. The predicted octanol–water partition coefficient (Wildman–Crippen LogP) is 4.09. The van der Waals surface area contributed by atoms with E-state index in [0.29, 0.717) is 0 Å². The lowest BCUT2D eigenvalue weighted by Gasteiger charge is -2.29. The molecule has 7 nitrogen and oxygen atoms in total. The standard InChI is InChI=1S/C23H24N6O/c1-2-29-22(8-9-26-29)27-23-20-15-18(6-7-21(20)24-16-25-23)17-4-3-5-19(14-17)28-10-12-30-13-11-28/h3-9,14-16H,2,10-13H2,1H3,(H,24,25,27). The molecule has 30 heavy (non-hydrogen) atoms. The van der Waals surface area contributed by atoms with Crippen molar-refractivity contribution in [2.24, 2.45) is 0 Å². The van der Waals surface area contributed by atoms with Crippen molar-refractivity contribution in [3.63, 3.8) is 0 Å². The van der Waals surface area contributed by atoms with E-state index in [0.717, 1.165) is 61.0 Å². The van der Waals surface area contributed by atoms with Crippen molar-refractivity contribution >= 4 is 28.2 Å². The fourth-order valence-corrected chi connectivity index (χ4v) is 3.85. The number of fused-ring (bicyclic) bond motifs is 1. The van der Waals surface area contributed by atoms with Crippen LogP contribution in [0.25, 0.3) is 22.0 Å². The van der Waals surface area contributed by atoms with Crippen LogP contribution in [0.2, 0.25) is 0 Å². The van der Waals surface area contributed by atoms with E-state index >= 15 is 0 Å². The zero-order valence-electron chi connectivity index (χ0n) is 17.0. The summed E-state index contributed by atoms with van der Waals surface area (Å²) in [5.74, 6) is 1.69. The molecule has 7 heteroatoms. The Morgan fingerprint density at radius 1 is 1.00 bits per heavy atom. The van der Waals surface area contributed by atoms with Gasteiger partial charge in [0.1, 0.15) is 18.0 Å². The number of morpholine rings is 1. The van der Waals surface area contributed by atoms with Gasteiger partial charge >= 0.3 is 0 Å². The molecule has 0 bridgehead atoms. The molecule has 2 aromatic carbocycles. The average Bonchev–Trinajstić information content (AvgIpc) is 3.27. The van der Waals surface area contributed by atoms with E-state index in [1.165, 1.54) is 11.3 Å². The normalized spacial score (nSPS) is 14.2. The van der Waals surface area contributed by atoms with Gasteiger partial charge in [0.25, 0.3) is 0 Å². The van der Waals surface area contributed by atoms with Gasteiger partial charge in [0.15, 0.2) is 0 Å². The van der Waals surface area contributed by atoms with E-state index in [1.54, 1.807) is 12.5 Å². The minimum Gasteiger partial charge on any atom is -0.378 e. The Labute approximate surface area is 175 Å². The van der Waals surface area contributed by atoms with Crippen LogP contribution in [0.4, 0.5) is 17.3 Å². The third-order valence-electron chi connectivity index (χ3n) is 5.45. The van der Waals surface area contributed by atoms with Crippen LogP contribution in [0.3, 0.4) is 0 Å². The van der Waals surface area contributed by atoms with Crippen molar-refractivity contribution in [2.45, 2.75) is 13.5 Å². The Morgan fingerprint density at radius 2 is 1.87 bits per heavy atom. The topological polar surface area (TPSA) is 68.1 Å². The fraction of sp³-hybridized carbons (Fsp3) is 0.261. The Bertz CT molecular complexity index is 1170. The van der Waals surface area contributed by atoms with Gasteiger partial charge in [0.05, 0.1) is 24.9 Å². The van der Waals surface area contributed by atoms with Gasteiger partial charge in [0.2, 0.25) is 0 Å². The molecule has 1 aliphatic heterocycles. The molecule has 3 heterocycles. The summed E-state index contributed by atoms with van der Waals surface area (Å²) in [6.07, 6.45) is 3.38. The molecule has 0 amide bonds. The molecule has 0 unspecified atom stereocenters. The van der Waals surface area contributed by atoms with Crippen LogP contribution in [0.1, 0.15) is 6.92 Å².